The van der Waals surface area contributed by atoms with Gasteiger partial charge in [0.25, 0.3) is 5.91 Å². The molecule has 1 heterocycles. The van der Waals surface area contributed by atoms with Gasteiger partial charge in [-0.2, -0.15) is 0 Å². The number of nitrogens with one attached hydrogen (secondary N) is 1. The quantitative estimate of drug-likeness (QED) is 0.730. The summed E-state index contributed by atoms with van der Waals surface area (Å²) in [6.07, 6.45) is 0. The van der Waals surface area contributed by atoms with Gasteiger partial charge in [0.1, 0.15) is 19.0 Å². The van der Waals surface area contributed by atoms with Gasteiger partial charge >= 0.3 is 0 Å². The highest BCUT2D eigenvalue weighted by atomic mass is 16.6. The van der Waals surface area contributed by atoms with E-state index in [4.69, 9.17) is 14.2 Å². The van der Waals surface area contributed by atoms with Crippen LogP contribution in [0, 0.1) is 12.8 Å². The minimum absolute atomic E-state index is 0.0196. The van der Waals surface area contributed by atoms with Crippen LogP contribution >= 0.6 is 0 Å². The first kappa shape index (κ1) is 21.0. The molecule has 0 saturated carbocycles. The van der Waals surface area contributed by atoms with E-state index in [1.165, 1.54) is 11.1 Å². The van der Waals surface area contributed by atoms with Crippen LogP contribution < -0.4 is 19.5 Å². The summed E-state index contributed by atoms with van der Waals surface area (Å²) in [6.45, 7) is 11.6. The molecule has 1 N–H and O–H groups in total. The Labute approximate surface area is 173 Å². The Bertz CT molecular complexity index is 860. The number of aryl methyl sites for hydroxylation is 1. The Morgan fingerprint density at radius 1 is 1.03 bits per heavy atom. The maximum Gasteiger partial charge on any atom is 0.258 e. The molecule has 0 aromatic heterocycles. The molecule has 0 fully saturated rings. The summed E-state index contributed by atoms with van der Waals surface area (Å²) in [6, 6.07) is 11.7. The number of carbonyl (C=O) groups excluding carboxylic acids is 1. The third kappa shape index (κ3) is 5.22. The predicted octanol–water partition coefficient (Wildman–Crippen LogP) is 4.78. The zero-order chi connectivity index (χ0) is 21.0. The zero-order valence-corrected chi connectivity index (χ0v) is 18.0. The van der Waals surface area contributed by atoms with Crippen molar-refractivity contribution >= 4 is 5.91 Å². The standard InChI is InChI=1S/C24H31NO4/c1-15(2)20-8-7-19(12-17(20)5)29-14-23(26)25-24(16(3)4)18-6-9-21-22(13-18)28-11-10-27-21/h6-9,12-13,15-16,24H,10-11,14H2,1-5H3,(H,25,26). The predicted molar refractivity (Wildman–Crippen MR) is 114 cm³/mol. The first-order valence-corrected chi connectivity index (χ1v) is 10.3. The lowest BCUT2D eigenvalue weighted by Gasteiger charge is -2.25. The molecular formula is C24H31NO4. The first-order chi connectivity index (χ1) is 13.8. The number of ether oxygens (including phenoxy) is 3. The number of fused-ring (bicyclic) bond motifs is 1. The van der Waals surface area contributed by atoms with E-state index in [1.54, 1.807) is 0 Å². The third-order valence-electron chi connectivity index (χ3n) is 5.14. The summed E-state index contributed by atoms with van der Waals surface area (Å²) < 4.78 is 17.0. The number of carbonyl (C=O) groups is 1. The molecule has 1 atom stereocenters. The van der Waals surface area contributed by atoms with E-state index in [9.17, 15) is 4.79 Å². The van der Waals surface area contributed by atoms with Crippen molar-refractivity contribution < 1.29 is 19.0 Å². The lowest BCUT2D eigenvalue weighted by molar-refractivity contribution is -0.124. The van der Waals surface area contributed by atoms with E-state index in [0.717, 1.165) is 17.1 Å². The highest BCUT2D eigenvalue weighted by Crippen LogP contribution is 2.34. The molecule has 0 saturated heterocycles. The van der Waals surface area contributed by atoms with Crippen LogP contribution in [0.15, 0.2) is 36.4 Å². The summed E-state index contributed by atoms with van der Waals surface area (Å²) in [5.41, 5.74) is 3.46. The van der Waals surface area contributed by atoms with Crippen molar-refractivity contribution in [1.82, 2.24) is 5.32 Å². The maximum absolute atomic E-state index is 12.6. The molecular weight excluding hydrogens is 366 g/mol. The van der Waals surface area contributed by atoms with Gasteiger partial charge in [0, 0.05) is 0 Å². The first-order valence-electron chi connectivity index (χ1n) is 10.3. The fourth-order valence-corrected chi connectivity index (χ4v) is 3.64. The molecule has 2 aromatic rings. The molecule has 5 heteroatoms. The van der Waals surface area contributed by atoms with E-state index in [0.29, 0.717) is 24.9 Å². The van der Waals surface area contributed by atoms with Crippen LogP contribution in [0.25, 0.3) is 0 Å². The van der Waals surface area contributed by atoms with Crippen molar-refractivity contribution in [1.29, 1.82) is 0 Å². The molecule has 1 unspecified atom stereocenters. The Kier molecular flexibility index (Phi) is 6.68. The summed E-state index contributed by atoms with van der Waals surface area (Å²) in [5.74, 6) is 2.72. The number of rotatable bonds is 7. The van der Waals surface area contributed by atoms with Gasteiger partial charge in [-0.15, -0.1) is 0 Å². The van der Waals surface area contributed by atoms with Gasteiger partial charge in [-0.05, 0) is 59.7 Å². The lowest BCUT2D eigenvalue weighted by atomic mass is 9.95. The van der Waals surface area contributed by atoms with E-state index in [1.807, 2.05) is 30.3 Å². The SMILES string of the molecule is Cc1cc(OCC(=O)NC(c2ccc3c(c2)OCCO3)C(C)C)ccc1C(C)C. The monoisotopic (exact) mass is 397 g/mol. The fraction of sp³-hybridized carbons (Fsp3) is 0.458. The molecule has 2 aromatic carbocycles. The fourth-order valence-electron chi connectivity index (χ4n) is 3.64. The average molecular weight is 398 g/mol. The Morgan fingerprint density at radius 3 is 2.41 bits per heavy atom. The van der Waals surface area contributed by atoms with Crippen LogP contribution in [-0.4, -0.2) is 25.7 Å². The van der Waals surface area contributed by atoms with Gasteiger partial charge in [0.05, 0.1) is 6.04 Å². The summed E-state index contributed by atoms with van der Waals surface area (Å²) in [7, 11) is 0. The van der Waals surface area contributed by atoms with Crippen LogP contribution in [0.3, 0.4) is 0 Å². The van der Waals surface area contributed by atoms with Gasteiger partial charge < -0.3 is 19.5 Å². The van der Waals surface area contributed by atoms with Crippen molar-refractivity contribution in [3.63, 3.8) is 0 Å². The summed E-state index contributed by atoms with van der Waals surface area (Å²) in [4.78, 5) is 12.6. The second-order valence-electron chi connectivity index (χ2n) is 8.15. The number of benzene rings is 2. The van der Waals surface area contributed by atoms with E-state index in [2.05, 4.69) is 46.0 Å². The molecule has 1 aliphatic rings. The molecule has 1 aliphatic heterocycles. The topological polar surface area (TPSA) is 56.8 Å². The third-order valence-corrected chi connectivity index (χ3v) is 5.14. The smallest absolute Gasteiger partial charge is 0.258 e. The molecule has 3 rings (SSSR count). The van der Waals surface area contributed by atoms with E-state index >= 15 is 0 Å². The number of hydrogen-bond acceptors (Lipinski definition) is 4. The second-order valence-corrected chi connectivity index (χ2v) is 8.15. The number of hydrogen-bond donors (Lipinski definition) is 1. The average Bonchev–Trinajstić information content (AvgIpc) is 2.69. The zero-order valence-electron chi connectivity index (χ0n) is 18.0. The minimum atomic E-state index is -0.149. The van der Waals surface area contributed by atoms with Gasteiger partial charge in [-0.3, -0.25) is 4.79 Å². The maximum atomic E-state index is 12.6. The van der Waals surface area contributed by atoms with Gasteiger partial charge in [0.15, 0.2) is 18.1 Å². The number of amides is 1. The van der Waals surface area contributed by atoms with Gasteiger partial charge in [-0.1, -0.05) is 39.8 Å². The molecule has 0 spiro atoms. The molecule has 29 heavy (non-hydrogen) atoms. The lowest BCUT2D eigenvalue weighted by Crippen LogP contribution is -2.35. The minimum Gasteiger partial charge on any atom is -0.486 e. The summed E-state index contributed by atoms with van der Waals surface area (Å²) >= 11 is 0. The largest absolute Gasteiger partial charge is 0.486 e. The van der Waals surface area contributed by atoms with Crippen LogP contribution in [0.2, 0.25) is 0 Å². The second kappa shape index (κ2) is 9.21. The van der Waals surface area contributed by atoms with Crippen molar-refractivity contribution in [3.05, 3.63) is 53.1 Å². The van der Waals surface area contributed by atoms with Gasteiger partial charge in [-0.25, -0.2) is 0 Å². The van der Waals surface area contributed by atoms with Crippen LogP contribution in [0.4, 0.5) is 0 Å². The Morgan fingerprint density at radius 2 is 1.76 bits per heavy atom. The molecule has 0 bridgehead atoms. The molecule has 0 radical (unpaired) electrons. The Hall–Kier alpha value is -2.69. The highest BCUT2D eigenvalue weighted by molar-refractivity contribution is 5.78. The van der Waals surface area contributed by atoms with Crippen molar-refractivity contribution in [2.75, 3.05) is 19.8 Å². The molecule has 5 nitrogen and oxygen atoms in total. The van der Waals surface area contributed by atoms with Crippen molar-refractivity contribution in [2.45, 2.75) is 46.6 Å². The van der Waals surface area contributed by atoms with Crippen LogP contribution in [0.1, 0.15) is 56.3 Å². The van der Waals surface area contributed by atoms with Crippen LogP contribution in [-0.2, 0) is 4.79 Å². The Balaban J connectivity index is 1.64. The van der Waals surface area contributed by atoms with Crippen molar-refractivity contribution in [3.8, 4) is 17.2 Å². The van der Waals surface area contributed by atoms with Crippen LogP contribution in [0.5, 0.6) is 17.2 Å². The molecule has 156 valence electrons. The normalized spacial score (nSPS) is 14.0. The molecule has 1 amide bonds. The van der Waals surface area contributed by atoms with E-state index in [-0.39, 0.29) is 24.5 Å². The summed E-state index contributed by atoms with van der Waals surface area (Å²) in [5, 5.41) is 3.09. The van der Waals surface area contributed by atoms with Gasteiger partial charge in [0.2, 0.25) is 0 Å². The van der Waals surface area contributed by atoms with E-state index < -0.39 is 0 Å². The highest BCUT2D eigenvalue weighted by Gasteiger charge is 2.21. The molecule has 0 aliphatic carbocycles. The van der Waals surface area contributed by atoms with Crippen molar-refractivity contribution in [2.24, 2.45) is 5.92 Å².